The number of amides is 1. The van der Waals surface area contributed by atoms with Crippen molar-refractivity contribution in [2.45, 2.75) is 99.7 Å². The maximum absolute atomic E-state index is 12.9. The van der Waals surface area contributed by atoms with Crippen LogP contribution >= 0.6 is 0 Å². The predicted octanol–water partition coefficient (Wildman–Crippen LogP) is 5.14. The van der Waals surface area contributed by atoms with Crippen LogP contribution in [-0.2, 0) is 14.8 Å². The van der Waals surface area contributed by atoms with Gasteiger partial charge in [0.05, 0.1) is 5.25 Å². The first-order valence-corrected chi connectivity index (χ1v) is 11.5. The molecule has 26 heavy (non-hydrogen) atoms. The number of hydrogen-bond acceptors (Lipinski definition) is 3. The van der Waals surface area contributed by atoms with Crippen molar-refractivity contribution < 1.29 is 13.2 Å². The molecule has 1 rings (SSSR count). The SMILES string of the molecule is CC(C)(C)CC(C(=O)NS(=O)(=O)C1CCC(C(C)(C)C)CC1)C(C)(C)C. The van der Waals surface area contributed by atoms with Crippen LogP contribution in [0.1, 0.15) is 94.4 Å². The van der Waals surface area contributed by atoms with Crippen LogP contribution in [0, 0.1) is 28.1 Å². The molecule has 1 fully saturated rings. The molecule has 1 aliphatic carbocycles. The molecule has 154 valence electrons. The molecule has 1 N–H and O–H groups in total. The highest BCUT2D eigenvalue weighted by Gasteiger charge is 2.39. The van der Waals surface area contributed by atoms with Gasteiger partial charge in [0.15, 0.2) is 0 Å². The third kappa shape index (κ3) is 6.86. The maximum Gasteiger partial charge on any atom is 0.237 e. The number of carbonyl (C=O) groups is 1. The Morgan fingerprint density at radius 3 is 1.73 bits per heavy atom. The Hall–Kier alpha value is -0.580. The van der Waals surface area contributed by atoms with Crippen molar-refractivity contribution in [2.75, 3.05) is 0 Å². The first-order valence-electron chi connectivity index (χ1n) is 9.99. The van der Waals surface area contributed by atoms with Crippen LogP contribution in [0.25, 0.3) is 0 Å². The Balaban J connectivity index is 2.83. The van der Waals surface area contributed by atoms with E-state index >= 15 is 0 Å². The smallest absolute Gasteiger partial charge is 0.237 e. The van der Waals surface area contributed by atoms with Gasteiger partial charge in [0, 0.05) is 5.92 Å². The topological polar surface area (TPSA) is 63.2 Å². The van der Waals surface area contributed by atoms with Crippen molar-refractivity contribution in [3.63, 3.8) is 0 Å². The van der Waals surface area contributed by atoms with Gasteiger partial charge >= 0.3 is 0 Å². The molecule has 1 amide bonds. The van der Waals surface area contributed by atoms with E-state index in [9.17, 15) is 13.2 Å². The van der Waals surface area contributed by atoms with Crippen molar-refractivity contribution in [1.82, 2.24) is 4.72 Å². The molecule has 5 heteroatoms. The van der Waals surface area contributed by atoms with Crippen LogP contribution in [0.4, 0.5) is 0 Å². The van der Waals surface area contributed by atoms with E-state index in [0.717, 1.165) is 12.8 Å². The third-order valence-corrected chi connectivity index (χ3v) is 7.59. The highest BCUT2D eigenvalue weighted by atomic mass is 32.2. The molecule has 0 aliphatic heterocycles. The molecule has 0 heterocycles. The lowest BCUT2D eigenvalue weighted by Crippen LogP contribution is -2.46. The lowest BCUT2D eigenvalue weighted by molar-refractivity contribution is -0.127. The third-order valence-electron chi connectivity index (χ3n) is 5.76. The van der Waals surface area contributed by atoms with E-state index in [1.54, 1.807) is 0 Å². The van der Waals surface area contributed by atoms with E-state index in [0.29, 0.717) is 25.2 Å². The lowest BCUT2D eigenvalue weighted by atomic mass is 9.72. The summed E-state index contributed by atoms with van der Waals surface area (Å²) < 4.78 is 28.1. The molecule has 0 bridgehead atoms. The fourth-order valence-corrected chi connectivity index (χ4v) is 5.42. The van der Waals surface area contributed by atoms with Crippen LogP contribution < -0.4 is 4.72 Å². The van der Waals surface area contributed by atoms with Crippen molar-refractivity contribution in [2.24, 2.45) is 28.1 Å². The van der Waals surface area contributed by atoms with Crippen LogP contribution in [0.5, 0.6) is 0 Å². The molecule has 0 aromatic carbocycles. The minimum absolute atomic E-state index is 0.0379. The summed E-state index contributed by atoms with van der Waals surface area (Å²) in [5.41, 5.74) is -0.109. The zero-order valence-electron chi connectivity index (χ0n) is 18.4. The normalized spacial score (nSPS) is 24.2. The minimum Gasteiger partial charge on any atom is -0.274 e. The van der Waals surface area contributed by atoms with Gasteiger partial charge in [-0.3, -0.25) is 9.52 Å². The van der Waals surface area contributed by atoms with E-state index in [-0.39, 0.29) is 28.1 Å². The predicted molar refractivity (Wildman–Crippen MR) is 109 cm³/mol. The summed E-state index contributed by atoms with van der Waals surface area (Å²) in [4.78, 5) is 12.9. The molecule has 0 aromatic heterocycles. The van der Waals surface area contributed by atoms with Gasteiger partial charge in [-0.15, -0.1) is 0 Å². The van der Waals surface area contributed by atoms with Crippen LogP contribution in [0.3, 0.4) is 0 Å². The van der Waals surface area contributed by atoms with Gasteiger partial charge in [0.2, 0.25) is 15.9 Å². The number of carbonyl (C=O) groups excluding carboxylic acids is 1. The van der Waals surface area contributed by atoms with E-state index in [4.69, 9.17) is 0 Å². The van der Waals surface area contributed by atoms with Crippen molar-refractivity contribution >= 4 is 15.9 Å². The summed E-state index contributed by atoms with van der Waals surface area (Å²) in [6.45, 7) is 18.9. The van der Waals surface area contributed by atoms with Gasteiger partial charge in [0.1, 0.15) is 0 Å². The van der Waals surface area contributed by atoms with E-state index < -0.39 is 15.3 Å². The summed E-state index contributed by atoms with van der Waals surface area (Å²) >= 11 is 0. The first-order chi connectivity index (χ1) is 11.4. The summed E-state index contributed by atoms with van der Waals surface area (Å²) in [5.74, 6) is -0.124. The van der Waals surface area contributed by atoms with Crippen LogP contribution in [0.15, 0.2) is 0 Å². The minimum atomic E-state index is -3.61. The van der Waals surface area contributed by atoms with Gasteiger partial charge in [-0.1, -0.05) is 62.3 Å². The van der Waals surface area contributed by atoms with Crippen LogP contribution in [-0.4, -0.2) is 19.6 Å². The molecule has 1 unspecified atom stereocenters. The van der Waals surface area contributed by atoms with Gasteiger partial charge < -0.3 is 0 Å². The second-order valence-corrected chi connectivity index (χ2v) is 13.5. The quantitative estimate of drug-likeness (QED) is 0.727. The van der Waals surface area contributed by atoms with Crippen molar-refractivity contribution in [3.8, 4) is 0 Å². The Labute approximate surface area is 162 Å². The highest BCUT2D eigenvalue weighted by Crippen LogP contribution is 2.40. The molecule has 0 radical (unpaired) electrons. The second kappa shape index (κ2) is 7.81. The molecule has 0 aromatic rings. The molecule has 1 saturated carbocycles. The lowest BCUT2D eigenvalue weighted by Gasteiger charge is -2.37. The number of nitrogens with one attached hydrogen (secondary N) is 1. The molecular formula is C21H41NO3S. The van der Waals surface area contributed by atoms with Crippen molar-refractivity contribution in [3.05, 3.63) is 0 Å². The number of hydrogen-bond donors (Lipinski definition) is 1. The Bertz CT molecular complexity index is 580. The first kappa shape index (κ1) is 23.5. The monoisotopic (exact) mass is 387 g/mol. The molecule has 1 aliphatic rings. The van der Waals surface area contributed by atoms with Gasteiger partial charge in [-0.05, 0) is 54.3 Å². The summed E-state index contributed by atoms with van der Waals surface area (Å²) in [6.07, 6.45) is 3.77. The summed E-state index contributed by atoms with van der Waals surface area (Å²) in [7, 11) is -3.61. The zero-order chi connectivity index (χ0) is 20.6. The Kier molecular flexibility index (Phi) is 7.04. The Morgan fingerprint density at radius 1 is 0.923 bits per heavy atom. The molecule has 0 saturated heterocycles. The van der Waals surface area contributed by atoms with E-state index in [1.807, 2.05) is 20.8 Å². The molecule has 0 spiro atoms. The van der Waals surface area contributed by atoms with Gasteiger partial charge in [-0.2, -0.15) is 0 Å². The average Bonchev–Trinajstić information content (AvgIpc) is 2.41. The molecular weight excluding hydrogens is 346 g/mol. The fraction of sp³-hybridized carbons (Fsp3) is 0.952. The van der Waals surface area contributed by atoms with Crippen molar-refractivity contribution in [1.29, 1.82) is 0 Å². The number of sulfonamides is 1. The van der Waals surface area contributed by atoms with E-state index in [1.165, 1.54) is 0 Å². The van der Waals surface area contributed by atoms with Gasteiger partial charge in [-0.25, -0.2) is 8.42 Å². The average molecular weight is 388 g/mol. The molecule has 1 atom stereocenters. The number of rotatable bonds is 4. The second-order valence-electron chi connectivity index (χ2n) is 11.5. The maximum atomic E-state index is 12.9. The molecule has 4 nitrogen and oxygen atoms in total. The summed E-state index contributed by atoms with van der Waals surface area (Å²) in [5, 5.41) is -0.444. The highest BCUT2D eigenvalue weighted by molar-refractivity contribution is 7.90. The largest absolute Gasteiger partial charge is 0.274 e. The van der Waals surface area contributed by atoms with Crippen LogP contribution in [0.2, 0.25) is 0 Å². The van der Waals surface area contributed by atoms with E-state index in [2.05, 4.69) is 46.3 Å². The Morgan fingerprint density at radius 2 is 1.38 bits per heavy atom. The zero-order valence-corrected chi connectivity index (χ0v) is 19.2. The summed E-state index contributed by atoms with van der Waals surface area (Å²) in [6, 6.07) is 0. The standard InChI is InChI=1S/C21H41NO3S/c1-19(2,3)14-17(21(7,8)9)18(23)22-26(24,25)16-12-10-15(11-13-16)20(4,5)6/h15-17H,10-14H2,1-9H3,(H,22,23). The van der Waals surface area contributed by atoms with Gasteiger partial charge in [0.25, 0.3) is 0 Å². The fourth-order valence-electron chi connectivity index (χ4n) is 3.94.